The molecule has 4 nitrogen and oxygen atoms in total. The van der Waals surface area contributed by atoms with E-state index in [9.17, 15) is 4.39 Å². The summed E-state index contributed by atoms with van der Waals surface area (Å²) in [6, 6.07) is 26.8. The van der Waals surface area contributed by atoms with Crippen molar-refractivity contribution in [2.45, 2.75) is 69.8 Å². The first kappa shape index (κ1) is 39.3. The average molecular weight is 778 g/mol. The van der Waals surface area contributed by atoms with Crippen molar-refractivity contribution in [3.05, 3.63) is 131 Å². The molecule has 3 atom stereocenters. The van der Waals surface area contributed by atoms with E-state index in [0.717, 1.165) is 39.0 Å². The zero-order valence-corrected chi connectivity index (χ0v) is 32.8. The summed E-state index contributed by atoms with van der Waals surface area (Å²) in [5.41, 5.74) is 1.44. The van der Waals surface area contributed by atoms with Crippen molar-refractivity contribution in [3.8, 4) is 0 Å². The molecule has 0 bridgehead atoms. The van der Waals surface area contributed by atoms with Crippen molar-refractivity contribution in [1.82, 2.24) is 14.8 Å². The van der Waals surface area contributed by atoms with Crippen molar-refractivity contribution in [2.75, 3.05) is 39.5 Å². The molecule has 0 saturated carbocycles. The Kier molecular flexibility index (Phi) is 11.1. The van der Waals surface area contributed by atoms with Gasteiger partial charge in [0.25, 0.3) is 14.2 Å². The molecule has 5 aromatic rings. The Hall–Kier alpha value is -3.90. The normalized spacial score (nSPS) is 19.4. The van der Waals surface area contributed by atoms with Crippen molar-refractivity contribution in [1.29, 1.82) is 0 Å². The maximum atomic E-state index is 16.8. The number of likely N-dealkylation sites (tertiary alicyclic amines) is 1. The van der Waals surface area contributed by atoms with Crippen LogP contribution in [0.5, 0.6) is 0 Å². The zero-order chi connectivity index (χ0) is 39.1. The molecule has 2 aliphatic rings. The lowest BCUT2D eigenvalue weighted by Gasteiger charge is -2.45. The second-order valence-electron chi connectivity index (χ2n) is 16.4. The highest BCUT2D eigenvalue weighted by atomic mass is 28.4. The third kappa shape index (κ3) is 7.53. The van der Waals surface area contributed by atoms with E-state index in [2.05, 4.69) is 4.98 Å². The zero-order valence-electron chi connectivity index (χ0n) is 31.8. The number of hydrogen-bond donors (Lipinski definition) is 1. The van der Waals surface area contributed by atoms with E-state index in [4.69, 9.17) is 4.43 Å². The van der Waals surface area contributed by atoms with E-state index in [-0.39, 0.29) is 5.56 Å². The lowest BCUT2D eigenvalue weighted by atomic mass is 9.85. The summed E-state index contributed by atoms with van der Waals surface area (Å²) in [5, 5.41) is 2.04. The number of benzene rings is 4. The number of halogens is 6. The molecule has 3 heterocycles. The van der Waals surface area contributed by atoms with Gasteiger partial charge in [0, 0.05) is 53.8 Å². The van der Waals surface area contributed by atoms with Gasteiger partial charge in [0.05, 0.1) is 25.9 Å². The number of para-hydroxylation sites is 1. The first-order valence-corrected chi connectivity index (χ1v) is 21.0. The number of aromatic amines is 1. The number of H-pyrrole nitrogens is 1. The van der Waals surface area contributed by atoms with E-state index < -0.39 is 80.5 Å². The van der Waals surface area contributed by atoms with Crippen LogP contribution < -0.4 is 10.4 Å². The van der Waals surface area contributed by atoms with Gasteiger partial charge >= 0.3 is 0 Å². The summed E-state index contributed by atoms with van der Waals surface area (Å²) in [5.74, 6) is -5.91. The van der Waals surface area contributed by atoms with Gasteiger partial charge in [-0.2, -0.15) is 0 Å². The number of nitrogens with zero attached hydrogens (tertiary/aromatic N) is 2. The number of aromatic nitrogens is 1. The molecule has 1 N–H and O–H groups in total. The molecule has 0 radical (unpaired) electrons. The van der Waals surface area contributed by atoms with Gasteiger partial charge in [0.15, 0.2) is 0 Å². The predicted molar refractivity (Wildman–Crippen MR) is 209 cm³/mol. The number of nitrogens with one attached hydrogen (secondary N) is 1. The van der Waals surface area contributed by atoms with Crippen LogP contribution in [0.2, 0.25) is 5.04 Å². The van der Waals surface area contributed by atoms with Crippen molar-refractivity contribution >= 4 is 29.6 Å². The molecule has 11 heteroatoms. The Morgan fingerprint density at radius 2 is 1.45 bits per heavy atom. The molecule has 1 saturated heterocycles. The number of hydrogen-bond acceptors (Lipinski definition) is 3. The predicted octanol–water partition coefficient (Wildman–Crippen LogP) is 9.30. The fourth-order valence-electron chi connectivity index (χ4n) is 8.91. The molecule has 1 aromatic heterocycles. The van der Waals surface area contributed by atoms with Gasteiger partial charge in [-0.05, 0) is 64.5 Å². The maximum absolute atomic E-state index is 16.8. The minimum atomic E-state index is -3.45. The second-order valence-corrected chi connectivity index (χ2v) is 20.7. The molecule has 0 aliphatic carbocycles. The molecule has 4 aromatic carbocycles. The molecule has 7 rings (SSSR count). The first-order valence-electron chi connectivity index (χ1n) is 19.1. The Balaban J connectivity index is 1.24. The van der Waals surface area contributed by atoms with Gasteiger partial charge in [-0.3, -0.25) is 9.29 Å². The second kappa shape index (κ2) is 15.6. The van der Waals surface area contributed by atoms with Crippen LogP contribution in [-0.4, -0.2) is 74.5 Å². The highest BCUT2D eigenvalue weighted by molar-refractivity contribution is 6.99. The summed E-state index contributed by atoms with van der Waals surface area (Å²) >= 11 is 0. The largest absolute Gasteiger partial charge is 0.401 e. The third-order valence-electron chi connectivity index (χ3n) is 11.5. The Morgan fingerprint density at radius 3 is 2.04 bits per heavy atom. The highest BCUT2D eigenvalue weighted by Crippen LogP contribution is 2.45. The van der Waals surface area contributed by atoms with Gasteiger partial charge in [0.1, 0.15) is 17.8 Å². The van der Waals surface area contributed by atoms with Gasteiger partial charge in [0.2, 0.25) is 0 Å². The van der Waals surface area contributed by atoms with E-state index in [1.807, 2.05) is 111 Å². The van der Waals surface area contributed by atoms with Crippen LogP contribution >= 0.6 is 0 Å². The Bertz CT molecular complexity index is 2020. The van der Waals surface area contributed by atoms with Gasteiger partial charge < -0.3 is 14.3 Å². The van der Waals surface area contributed by atoms with E-state index in [1.54, 1.807) is 6.92 Å². The Morgan fingerprint density at radius 1 is 0.873 bits per heavy atom. The minimum absolute atomic E-state index is 0.134. The molecule has 1 unspecified atom stereocenters. The van der Waals surface area contributed by atoms with Crippen molar-refractivity contribution < 1.29 is 30.8 Å². The standard InChI is InChI=1S/C44H49F6N3OSi/c1-29-22-35-34-18-11-12-19-38(34)51-41(35)42(39-36(46)23-30(24-37(39)47)40(48)31-25-52(26-31)21-13-20-45)53(29)27-44(49,50)28-54-55(43(2,3)4,32-14-7-5-8-15-32)33-16-9-6-10-17-33/h5-12,14-19,23-24,29,31,40,42,51H,13,20-22,25-28H2,1-4H3/t29-,40?,42-/m1/s1. The van der Waals surface area contributed by atoms with E-state index in [0.29, 0.717) is 38.2 Å². The average Bonchev–Trinajstić information content (AvgIpc) is 3.50. The lowest BCUT2D eigenvalue weighted by Crippen LogP contribution is -2.67. The van der Waals surface area contributed by atoms with Crippen molar-refractivity contribution in [2.24, 2.45) is 5.92 Å². The van der Waals surface area contributed by atoms with E-state index >= 15 is 22.0 Å². The minimum Gasteiger partial charge on any atom is -0.401 e. The van der Waals surface area contributed by atoms with Crippen LogP contribution in [0.25, 0.3) is 10.9 Å². The lowest BCUT2D eigenvalue weighted by molar-refractivity contribution is -0.0825. The monoisotopic (exact) mass is 777 g/mol. The number of rotatable bonds is 13. The highest BCUT2D eigenvalue weighted by Gasteiger charge is 2.53. The van der Waals surface area contributed by atoms with Crippen LogP contribution in [0.1, 0.15) is 68.7 Å². The maximum Gasteiger partial charge on any atom is 0.282 e. The quantitative estimate of drug-likeness (QED) is 0.0956. The third-order valence-corrected chi connectivity index (χ3v) is 16.5. The summed E-state index contributed by atoms with van der Waals surface area (Å²) < 4.78 is 102. The molecular weight excluding hydrogens is 729 g/mol. The summed E-state index contributed by atoms with van der Waals surface area (Å²) in [6.07, 6.45) is -0.915. The number of fused-ring (bicyclic) bond motifs is 3. The molecule has 1 fully saturated rings. The molecule has 0 spiro atoms. The Labute approximate surface area is 320 Å². The van der Waals surface area contributed by atoms with Gasteiger partial charge in [-0.15, -0.1) is 0 Å². The van der Waals surface area contributed by atoms with Crippen molar-refractivity contribution in [3.63, 3.8) is 0 Å². The van der Waals surface area contributed by atoms with Crippen LogP contribution in [0.15, 0.2) is 97.1 Å². The fraction of sp³-hybridized carbons (Fsp3) is 0.409. The van der Waals surface area contributed by atoms with Crippen LogP contribution in [0.3, 0.4) is 0 Å². The summed E-state index contributed by atoms with van der Waals surface area (Å²) in [6.45, 7) is 6.86. The van der Waals surface area contributed by atoms with Crippen LogP contribution in [0, 0.1) is 17.6 Å². The molecular formula is C44H49F6N3OSi. The summed E-state index contributed by atoms with van der Waals surface area (Å²) in [4.78, 5) is 6.70. The molecule has 55 heavy (non-hydrogen) atoms. The molecule has 0 amide bonds. The topological polar surface area (TPSA) is 31.5 Å². The van der Waals surface area contributed by atoms with Crippen LogP contribution in [-0.2, 0) is 10.8 Å². The SMILES string of the molecule is C[C@@H]1Cc2c([nH]c3ccccc23)[C@@H](c2c(F)cc(C(F)C3CN(CCCF)C3)cc2F)N1CC(F)(F)CO[Si](c1ccccc1)(c1ccccc1)C(C)(C)C. The van der Waals surface area contributed by atoms with Gasteiger partial charge in [-0.1, -0.05) is 99.6 Å². The summed E-state index contributed by atoms with van der Waals surface area (Å²) in [7, 11) is -3.34. The smallest absolute Gasteiger partial charge is 0.282 e. The van der Waals surface area contributed by atoms with Gasteiger partial charge in [-0.25, -0.2) is 22.0 Å². The van der Waals surface area contributed by atoms with E-state index in [1.165, 1.54) is 4.90 Å². The molecule has 292 valence electrons. The molecule has 2 aliphatic heterocycles. The van der Waals surface area contributed by atoms with Crippen LogP contribution in [0.4, 0.5) is 26.3 Å². The first-order chi connectivity index (χ1) is 26.2. The number of alkyl halides is 4. The fourth-order valence-corrected chi connectivity index (χ4v) is 13.5.